The Bertz CT molecular complexity index is 3660. The molecule has 18 nitrogen and oxygen atoms in total. The highest BCUT2D eigenvalue weighted by Gasteiger charge is 2.68. The van der Waals surface area contributed by atoms with E-state index < -0.39 is 183 Å². The Morgan fingerprint density at radius 2 is 1.53 bits per heavy atom. The molecule has 3 heterocycles. The number of phosphoric acid groups is 1. The number of aromatic nitrogens is 5. The number of rotatable bonds is 20. The molecule has 0 saturated heterocycles. The molecule has 2 unspecified atom stereocenters. The van der Waals surface area contributed by atoms with Crippen molar-refractivity contribution in [2.75, 3.05) is 19.6 Å². The summed E-state index contributed by atoms with van der Waals surface area (Å²) in [4.78, 5) is 32.4. The maximum atomic E-state index is 15.7. The molecular formula is C53H58ClF10N7O11PS2-. The van der Waals surface area contributed by atoms with Crippen molar-refractivity contribution in [1.82, 2.24) is 34.2 Å². The van der Waals surface area contributed by atoms with Crippen LogP contribution >= 0.6 is 19.4 Å². The zero-order valence-corrected chi connectivity index (χ0v) is 50.6. The van der Waals surface area contributed by atoms with E-state index in [4.69, 9.17) is 29.9 Å². The molecule has 466 valence electrons. The van der Waals surface area contributed by atoms with Gasteiger partial charge in [0.05, 0.1) is 57.7 Å². The molecule has 2 aliphatic carbocycles. The van der Waals surface area contributed by atoms with Crippen LogP contribution in [0.3, 0.4) is 0 Å². The van der Waals surface area contributed by atoms with Crippen molar-refractivity contribution in [1.29, 1.82) is 0 Å². The lowest BCUT2D eigenvalue weighted by Gasteiger charge is -2.33. The Hall–Kier alpha value is -5.51. The highest BCUT2D eigenvalue weighted by molar-refractivity contribution is 7.92. The monoisotopic (exact) mass is 1290 g/mol. The van der Waals surface area contributed by atoms with E-state index in [-0.39, 0.29) is 43.9 Å². The number of carbonyl (C=O) groups excluding carboxylic acids is 2. The molecule has 0 bridgehead atoms. The van der Waals surface area contributed by atoms with Crippen LogP contribution in [0.4, 0.5) is 43.9 Å². The maximum Gasteiger partial charge on any atom is 0.475 e. The number of fused-ring (bicyclic) bond motifs is 4. The number of sulfone groups is 1. The number of nitrogens with zero attached hydrogens (tertiary/aromatic N) is 6. The van der Waals surface area contributed by atoms with E-state index in [0.717, 1.165) is 30.5 Å². The number of amides is 1. The van der Waals surface area contributed by atoms with Gasteiger partial charge in [-0.05, 0) is 130 Å². The molecule has 7 rings (SSSR count). The number of phosphoric ester groups is 1. The Kier molecular flexibility index (Phi) is 18.6. The van der Waals surface area contributed by atoms with Crippen LogP contribution in [0.2, 0.25) is 5.02 Å². The van der Waals surface area contributed by atoms with Crippen LogP contribution in [0.5, 0.6) is 0 Å². The van der Waals surface area contributed by atoms with Crippen molar-refractivity contribution >= 4 is 63.3 Å². The third kappa shape index (κ3) is 15.8. The second kappa shape index (κ2) is 23.5. The number of hydrogen-bond acceptors (Lipinski definition) is 14. The number of nitrogens with one attached hydrogen (secondary N) is 1. The molecule has 1 amide bonds. The number of esters is 1. The van der Waals surface area contributed by atoms with Crippen molar-refractivity contribution in [3.63, 3.8) is 0 Å². The molecule has 1 fully saturated rings. The summed E-state index contributed by atoms with van der Waals surface area (Å²) in [6.07, 6.45) is -10.4. The van der Waals surface area contributed by atoms with Gasteiger partial charge in [0.2, 0.25) is 5.91 Å². The first-order chi connectivity index (χ1) is 38.7. The first-order valence-electron chi connectivity index (χ1n) is 25.7. The average molecular weight is 1290 g/mol. The molecular weight excluding hydrogens is 1230 g/mol. The number of alkyl halides is 8. The minimum atomic E-state index is -5.23. The predicted molar refractivity (Wildman–Crippen MR) is 287 cm³/mol. The Balaban J connectivity index is 1.34. The largest absolute Gasteiger partial charge is 0.759 e. The molecule has 2 aromatic carbocycles. The van der Waals surface area contributed by atoms with E-state index in [1.165, 1.54) is 39.8 Å². The highest BCUT2D eigenvalue weighted by atomic mass is 35.5. The summed E-state index contributed by atoms with van der Waals surface area (Å²) < 4.78 is 235. The standard InChI is InChI=1S/C53H59ClF10N7O11PS2/c1-47(2,3)81-83(74,82-48(4,5)6)80-26-49(7,8)46(73)79-27-69(84(75)76)23-38-41-36(54)15-14-33(43(41)71(67-38)25-51(57,58)59)32-13-12-31(16-17-50(9,10)85(11,77)78)65-42(32)37(20-28-18-29(55)21-30(56)19-28)66-39(72)24-70-45-40(44(68-70)53(62,63)64)34-22-35(34)52(45,60)61/h12-15,18-19,21,34-35,37H,20,22-27H2,1-11H3,(H,66,72)(H,75,76)/p-1/t34-,35+,37?/m0/s1. The molecule has 0 aliphatic heterocycles. The van der Waals surface area contributed by atoms with Crippen molar-refractivity contribution < 1.29 is 93.5 Å². The zero-order valence-electron chi connectivity index (χ0n) is 47.3. The summed E-state index contributed by atoms with van der Waals surface area (Å²) in [7, 11) is -8.32. The van der Waals surface area contributed by atoms with Gasteiger partial charge in [-0.2, -0.15) is 49.6 Å². The number of pyridine rings is 1. The van der Waals surface area contributed by atoms with Gasteiger partial charge in [0, 0.05) is 51.6 Å². The van der Waals surface area contributed by atoms with Gasteiger partial charge in [0.1, 0.15) is 40.9 Å². The molecule has 1 N–H and O–H groups in total. The summed E-state index contributed by atoms with van der Waals surface area (Å²) in [5.74, 6) is -6.17. The van der Waals surface area contributed by atoms with Gasteiger partial charge in [-0.15, -0.1) is 0 Å². The molecule has 2 aliphatic rings. The van der Waals surface area contributed by atoms with Gasteiger partial charge in [-0.25, -0.2) is 26.7 Å². The third-order valence-corrected chi connectivity index (χ3v) is 18.1. The van der Waals surface area contributed by atoms with E-state index in [0.29, 0.717) is 15.1 Å². The van der Waals surface area contributed by atoms with Crippen LogP contribution in [-0.4, -0.2) is 99.6 Å². The maximum absolute atomic E-state index is 15.7. The van der Waals surface area contributed by atoms with Crippen molar-refractivity contribution in [2.45, 2.75) is 148 Å². The van der Waals surface area contributed by atoms with Crippen molar-refractivity contribution in [3.05, 3.63) is 98.7 Å². The zero-order chi connectivity index (χ0) is 63.7. The van der Waals surface area contributed by atoms with Crippen molar-refractivity contribution in [3.8, 4) is 23.0 Å². The van der Waals surface area contributed by atoms with E-state index in [1.54, 1.807) is 41.5 Å². The van der Waals surface area contributed by atoms with E-state index in [1.807, 2.05) is 0 Å². The Morgan fingerprint density at radius 1 is 0.929 bits per heavy atom. The SMILES string of the molecule is CC(C)(C)OP(=O)(OCC(C)(C)C(=O)OCN(Cc1nn(CC(F)(F)F)c2c(-c3ccc(C#CC(C)(C)S(C)(=O)=O)nc3C(Cc3cc(F)cc(F)c3)NC(=O)Cn3nc(C(F)(F)F)c4c3C(F)(F)[C@@H]3C[C@H]43)ccc(Cl)c12)S(=O)[O-])OC(C)(C)C. The molecule has 3 aromatic heterocycles. The fourth-order valence-electron chi connectivity index (χ4n) is 9.14. The van der Waals surface area contributed by atoms with Crippen LogP contribution in [0, 0.1) is 34.8 Å². The number of ether oxygens (including phenoxy) is 1. The van der Waals surface area contributed by atoms with Crippen LogP contribution < -0.4 is 5.32 Å². The van der Waals surface area contributed by atoms with E-state index in [9.17, 15) is 66.5 Å². The summed E-state index contributed by atoms with van der Waals surface area (Å²) >= 11 is 3.40. The first kappa shape index (κ1) is 67.0. The fraction of sp³-hybridized carbons (Fsp3) is 0.528. The lowest BCUT2D eigenvalue weighted by atomic mass is 9.93. The summed E-state index contributed by atoms with van der Waals surface area (Å²) in [5.41, 5.74) is -9.90. The lowest BCUT2D eigenvalue weighted by Crippen LogP contribution is -2.36. The van der Waals surface area contributed by atoms with Gasteiger partial charge >= 0.3 is 26.1 Å². The Morgan fingerprint density at radius 3 is 2.08 bits per heavy atom. The quantitative estimate of drug-likeness (QED) is 0.0191. The van der Waals surface area contributed by atoms with Crippen LogP contribution in [0.15, 0.2) is 42.5 Å². The Labute approximate surface area is 489 Å². The van der Waals surface area contributed by atoms with Crippen LogP contribution in [-0.2, 0) is 91.7 Å². The number of benzene rings is 2. The molecule has 1 saturated carbocycles. The van der Waals surface area contributed by atoms with E-state index >= 15 is 8.78 Å². The molecule has 4 atom stereocenters. The predicted octanol–water partition coefficient (Wildman–Crippen LogP) is 11.2. The summed E-state index contributed by atoms with van der Waals surface area (Å²) in [6, 6.07) is 5.01. The summed E-state index contributed by atoms with van der Waals surface area (Å²) in [5, 5.41) is 9.29. The molecule has 0 radical (unpaired) electrons. The highest BCUT2D eigenvalue weighted by Crippen LogP contribution is 2.68. The smallest absolute Gasteiger partial charge is 0.475 e. The third-order valence-electron chi connectivity index (χ3n) is 13.2. The topological polar surface area (TPSA) is 226 Å². The number of carbonyl (C=O) groups is 2. The second-order valence-corrected chi connectivity index (χ2v) is 29.0. The molecule has 32 heteroatoms. The van der Waals surface area contributed by atoms with Gasteiger partial charge in [-0.1, -0.05) is 23.6 Å². The van der Waals surface area contributed by atoms with Crippen molar-refractivity contribution in [2.24, 2.45) is 11.3 Å². The summed E-state index contributed by atoms with van der Waals surface area (Å²) in [6.45, 7) is 8.57. The molecule has 85 heavy (non-hydrogen) atoms. The first-order valence-corrected chi connectivity index (χ1v) is 30.4. The van der Waals surface area contributed by atoms with Crippen LogP contribution in [0.25, 0.3) is 22.0 Å². The molecule has 0 spiro atoms. The van der Waals surface area contributed by atoms with Crippen LogP contribution in [0.1, 0.15) is 127 Å². The second-order valence-electron chi connectivity index (χ2n) is 23.6. The minimum absolute atomic E-state index is 0.198. The fourth-order valence-corrected chi connectivity index (χ4v) is 12.0. The average Bonchev–Trinajstić information content (AvgIpc) is 1.53. The normalized spacial score (nSPS) is 17.3. The van der Waals surface area contributed by atoms with Gasteiger partial charge < -0.3 is 14.6 Å². The number of halogens is 11. The van der Waals surface area contributed by atoms with Gasteiger partial charge in [-0.3, -0.25) is 36.7 Å². The lowest BCUT2D eigenvalue weighted by molar-refractivity contribution is -0.159. The minimum Gasteiger partial charge on any atom is -0.759 e. The van der Waals surface area contributed by atoms with Gasteiger partial charge in [0.15, 0.2) is 22.3 Å². The number of hydrogen-bond donors (Lipinski definition) is 1. The van der Waals surface area contributed by atoms with E-state index in [2.05, 4.69) is 32.3 Å². The van der Waals surface area contributed by atoms with Gasteiger partial charge in [0.25, 0.3) is 5.92 Å². The molecule has 5 aromatic rings.